The Morgan fingerprint density at radius 1 is 0.277 bits per heavy atom. The molecule has 0 aliphatic carbocycles. The van der Waals surface area contributed by atoms with E-state index in [1.54, 1.807) is 0 Å². The second-order valence-electron chi connectivity index (χ2n) is 11.2. The van der Waals surface area contributed by atoms with Crippen LogP contribution in [-0.4, -0.2) is 0 Å². The van der Waals surface area contributed by atoms with Crippen molar-refractivity contribution in [2.24, 2.45) is 0 Å². The quantitative estimate of drug-likeness (QED) is 0.0856. The van der Waals surface area contributed by atoms with E-state index in [9.17, 15) is 0 Å². The maximum absolute atomic E-state index is 4.81. The molecule has 0 amide bonds. The summed E-state index contributed by atoms with van der Waals surface area (Å²) in [6.07, 6.45) is 7.17. The average Bonchev–Trinajstić information content (AvgIpc) is 3.12. The number of hydrogen-bond donors (Lipinski definition) is 0. The summed E-state index contributed by atoms with van der Waals surface area (Å²) in [5.41, 5.74) is 8.75. The smallest absolute Gasteiger partial charge is 0.00671 e. The van der Waals surface area contributed by atoms with Gasteiger partial charge in [-0.1, -0.05) is 198 Å². The van der Waals surface area contributed by atoms with Crippen LogP contribution in [0.2, 0.25) is 0 Å². The molecule has 47 heavy (non-hydrogen) atoms. The van der Waals surface area contributed by atoms with Crippen molar-refractivity contribution >= 4 is 34.9 Å². The van der Waals surface area contributed by atoms with Crippen LogP contribution in [0.5, 0.6) is 0 Å². The summed E-state index contributed by atoms with van der Waals surface area (Å²) in [7, 11) is 9.45. The summed E-state index contributed by atoms with van der Waals surface area (Å²) in [5.74, 6) is 0. The van der Waals surface area contributed by atoms with E-state index in [-0.39, 0.29) is 31.8 Å². The molecule has 0 nitrogen and oxygen atoms in total. The Morgan fingerprint density at radius 3 is 0.532 bits per heavy atom. The zero-order valence-corrected chi connectivity index (χ0v) is 31.4. The van der Waals surface area contributed by atoms with E-state index >= 15 is 0 Å². The van der Waals surface area contributed by atoms with Gasteiger partial charge < -0.3 is 0 Å². The van der Waals surface area contributed by atoms with Crippen molar-refractivity contribution in [1.82, 2.24) is 0 Å². The fraction of sp³-hybridized carbons (Fsp3) is 0.143. The predicted molar refractivity (Wildman–Crippen MR) is 206 cm³/mol. The molecule has 0 saturated carbocycles. The third kappa shape index (κ3) is 15.5. The van der Waals surface area contributed by atoms with E-state index in [1.165, 1.54) is 70.4 Å². The molecule has 0 saturated heterocycles. The first-order valence-electron chi connectivity index (χ1n) is 15.7. The van der Waals surface area contributed by atoms with E-state index in [2.05, 4.69) is 182 Å². The first-order valence-corrected chi connectivity index (χ1v) is 23.5. The average molecular weight is 786 g/mol. The van der Waals surface area contributed by atoms with Crippen molar-refractivity contribution in [1.29, 1.82) is 0 Å². The zero-order chi connectivity index (χ0) is 32.8. The van der Waals surface area contributed by atoms with Crippen LogP contribution in [0.3, 0.4) is 0 Å². The van der Waals surface area contributed by atoms with Gasteiger partial charge in [0.1, 0.15) is 0 Å². The normalized spacial score (nSPS) is 10.6. The van der Waals surface area contributed by atoms with E-state index in [0.717, 1.165) is 0 Å². The Labute approximate surface area is 301 Å². The molecular weight excluding hydrogens is 744 g/mol. The monoisotopic (exact) mass is 784 g/mol. The van der Waals surface area contributed by atoms with Gasteiger partial charge in [0.05, 0.1) is 0 Å². The number of benzene rings is 6. The van der Waals surface area contributed by atoms with Crippen molar-refractivity contribution < 1.29 is 15.9 Å². The van der Waals surface area contributed by atoms with Crippen molar-refractivity contribution in [2.75, 3.05) is 0 Å². The van der Waals surface area contributed by atoms with Crippen molar-refractivity contribution in [2.45, 2.75) is 37.0 Å². The minimum Gasteiger partial charge on any atom is -0.0932 e. The van der Waals surface area contributed by atoms with Gasteiger partial charge in [-0.15, -0.1) is 0 Å². The maximum atomic E-state index is 4.81. The molecule has 6 aromatic rings. The van der Waals surface area contributed by atoms with Gasteiger partial charge in [0.25, 0.3) is 0 Å². The van der Waals surface area contributed by atoms with E-state index in [0.29, 0.717) is 0 Å². The van der Waals surface area contributed by atoms with Gasteiger partial charge in [0.15, 0.2) is 0 Å². The van der Waals surface area contributed by atoms with Crippen molar-refractivity contribution in [3.8, 4) is 0 Å². The van der Waals surface area contributed by atoms with Gasteiger partial charge in [0, 0.05) is 0 Å². The Balaban J connectivity index is 0.000000197. The van der Waals surface area contributed by atoms with Gasteiger partial charge in [-0.2, -0.15) is 0 Å². The van der Waals surface area contributed by atoms with Crippen molar-refractivity contribution in [3.63, 3.8) is 0 Å². The minimum atomic E-state index is -0.106. The fourth-order valence-corrected chi connectivity index (χ4v) is 10.4. The van der Waals surface area contributed by atoms with Gasteiger partial charge in [-0.25, -0.2) is 0 Å². The second kappa shape index (κ2) is 22.9. The third-order valence-electron chi connectivity index (χ3n) is 7.49. The van der Waals surface area contributed by atoms with Crippen LogP contribution >= 0.6 is 34.9 Å². The number of hydrogen-bond acceptors (Lipinski definition) is 0. The standard InChI is InChI=1S/2C21H21P.2ClH.Pd/c2*1-4-10-19(11-5-1)16-22(17-20-12-6-2-7-13-20)18-21-14-8-3-9-15-21;;;/h2*1-15H,16-18H2;2*1H;/q;;;;+2/p-2. The molecule has 6 aromatic carbocycles. The first-order chi connectivity index (χ1) is 23.2. The Morgan fingerprint density at radius 2 is 0.404 bits per heavy atom. The molecule has 0 heterocycles. The molecule has 0 spiro atoms. The Hall–Kier alpha value is -2.58. The molecule has 0 fully saturated rings. The summed E-state index contributed by atoms with van der Waals surface area (Å²) < 4.78 is 0. The second-order valence-corrected chi connectivity index (χ2v) is 18.2. The van der Waals surface area contributed by atoms with Gasteiger partial charge in [0.2, 0.25) is 0 Å². The summed E-state index contributed by atoms with van der Waals surface area (Å²) in [6, 6.07) is 65.4. The van der Waals surface area contributed by atoms with Gasteiger partial charge in [-0.05, 0) is 70.4 Å². The largest absolute Gasteiger partial charge is 0.0932 e. The SMILES string of the molecule is [Cl][Pd][Cl].c1ccc(CP(Cc2ccccc2)Cc2ccccc2)cc1.c1ccc(CP(Cc2ccccc2)Cc2ccccc2)cc1. The van der Waals surface area contributed by atoms with Crippen LogP contribution in [0.1, 0.15) is 33.4 Å². The number of rotatable bonds is 12. The summed E-state index contributed by atoms with van der Waals surface area (Å²) in [5, 5.41) is 0. The van der Waals surface area contributed by atoms with Crippen LogP contribution in [0.4, 0.5) is 0 Å². The molecule has 0 bridgehead atoms. The molecule has 244 valence electrons. The molecule has 0 unspecified atom stereocenters. The molecule has 0 N–H and O–H groups in total. The number of halogens is 2. The third-order valence-corrected chi connectivity index (χ3v) is 12.4. The fourth-order valence-electron chi connectivity index (χ4n) is 5.39. The molecule has 0 aliphatic rings. The minimum absolute atomic E-state index is 0.0895. The molecule has 0 aromatic heterocycles. The van der Waals surface area contributed by atoms with E-state index in [4.69, 9.17) is 19.1 Å². The summed E-state index contributed by atoms with van der Waals surface area (Å²) in [4.78, 5) is 0. The molecule has 0 atom stereocenters. The molecule has 0 radical (unpaired) electrons. The predicted octanol–water partition coefficient (Wildman–Crippen LogP) is 13.5. The zero-order valence-electron chi connectivity index (χ0n) is 26.5. The molecular formula is C42H42Cl2P2Pd. The maximum Gasteiger partial charge on any atom is -0.00671 e. The van der Waals surface area contributed by atoms with E-state index in [1.807, 2.05) is 0 Å². The van der Waals surface area contributed by atoms with Crippen LogP contribution in [-0.2, 0) is 52.9 Å². The van der Waals surface area contributed by atoms with Crippen LogP contribution in [0.25, 0.3) is 0 Å². The Bertz CT molecular complexity index is 1290. The van der Waals surface area contributed by atoms with E-state index < -0.39 is 0 Å². The van der Waals surface area contributed by atoms with Crippen LogP contribution < -0.4 is 0 Å². The summed E-state index contributed by atoms with van der Waals surface area (Å²) >= 11 is -0.106. The first kappa shape index (κ1) is 37.2. The molecule has 0 aliphatic heterocycles. The molecule has 6 rings (SSSR count). The van der Waals surface area contributed by atoms with Crippen LogP contribution in [0.15, 0.2) is 182 Å². The Kier molecular flexibility index (Phi) is 18.1. The molecule has 5 heteroatoms. The van der Waals surface area contributed by atoms with Crippen LogP contribution in [0, 0.1) is 0 Å². The van der Waals surface area contributed by atoms with Crippen molar-refractivity contribution in [3.05, 3.63) is 215 Å². The summed E-state index contributed by atoms with van der Waals surface area (Å²) in [6.45, 7) is 0. The van der Waals surface area contributed by atoms with Gasteiger partial charge in [-0.3, -0.25) is 0 Å². The topological polar surface area (TPSA) is 0 Å². The van der Waals surface area contributed by atoms with Gasteiger partial charge >= 0.3 is 35.0 Å².